The fraction of sp³-hybridized carbons (Fsp3) is 0.323. The fourth-order valence-corrected chi connectivity index (χ4v) is 7.73. The summed E-state index contributed by atoms with van der Waals surface area (Å²) in [7, 11) is 0. The molecule has 0 saturated carbocycles. The predicted molar refractivity (Wildman–Crippen MR) is 189 cm³/mol. The minimum Gasteiger partial charge on any atom is -0.352 e. The Hall–Kier alpha value is -5.32. The Kier molecular flexibility index (Phi) is 11.9. The third-order valence-electron chi connectivity index (χ3n) is 8.54. The summed E-state index contributed by atoms with van der Waals surface area (Å²) in [5.41, 5.74) is 14.5. The summed E-state index contributed by atoms with van der Waals surface area (Å²) in [4.78, 5) is 35.4. The topological polar surface area (TPSA) is 255 Å². The molecular formula is C31H30ClF2N11O7S2. The number of carbonyl (C=O) groups excluding carboxylic acids is 1. The molecule has 284 valence electrons. The Morgan fingerprint density at radius 2 is 1.26 bits per heavy atom. The molecule has 0 spiro atoms. The Morgan fingerprint density at radius 1 is 0.778 bits per heavy atom. The average molecular weight is 806 g/mol. The third-order valence-corrected chi connectivity index (χ3v) is 10.5. The zero-order valence-electron chi connectivity index (χ0n) is 27.8. The lowest BCUT2D eigenvalue weighted by atomic mass is 10.1. The number of nitrogens with two attached hydrogens (primary N) is 2. The van der Waals surface area contributed by atoms with Crippen LogP contribution in [0.15, 0.2) is 74.3 Å². The molecule has 2 aromatic carbocycles. The van der Waals surface area contributed by atoms with Crippen LogP contribution in [0, 0.1) is 11.6 Å². The highest BCUT2D eigenvalue weighted by molar-refractivity contribution is 7.99. The van der Waals surface area contributed by atoms with Gasteiger partial charge in [-0.25, -0.2) is 41.6 Å². The van der Waals surface area contributed by atoms with E-state index in [1.807, 2.05) is 0 Å². The van der Waals surface area contributed by atoms with Crippen molar-refractivity contribution in [3.05, 3.63) is 91.4 Å². The summed E-state index contributed by atoms with van der Waals surface area (Å²) < 4.78 is 49.5. The van der Waals surface area contributed by atoms with Gasteiger partial charge in [0.2, 0.25) is 11.6 Å². The quantitative estimate of drug-likeness (QED) is 0.125. The van der Waals surface area contributed by atoms with Crippen LogP contribution in [0.4, 0.5) is 13.6 Å². The van der Waals surface area contributed by atoms with Gasteiger partial charge in [0.05, 0.1) is 12.1 Å². The summed E-state index contributed by atoms with van der Waals surface area (Å²) in [6, 6.07) is 7.71. The first-order chi connectivity index (χ1) is 25.7. The van der Waals surface area contributed by atoms with Gasteiger partial charge in [0.1, 0.15) is 11.6 Å². The Morgan fingerprint density at radius 3 is 1.72 bits per heavy atom. The SMILES string of the molecule is Cl.NC(=O)NCCSc1nonc1-c1noc(=O)n1[C@H]1CCc2ccc(F)cc21.NCCSc1nonc1-c1noc(=O)n1[C@H]1CCc2ccc(F)cc21. The predicted octanol–water partition coefficient (Wildman–Crippen LogP) is 3.36. The number of benzene rings is 2. The number of carbonyl (C=O) groups is 1. The largest absolute Gasteiger partial charge is 0.442 e. The van der Waals surface area contributed by atoms with Gasteiger partial charge in [-0.1, -0.05) is 46.0 Å². The first-order valence-electron chi connectivity index (χ1n) is 16.1. The minimum absolute atomic E-state index is 0. The maximum Gasteiger partial charge on any atom is 0.442 e. The van der Waals surface area contributed by atoms with Crippen molar-refractivity contribution in [2.24, 2.45) is 11.5 Å². The molecule has 23 heteroatoms. The number of aromatic nitrogens is 8. The second-order valence-corrected chi connectivity index (χ2v) is 13.9. The third kappa shape index (κ3) is 7.81. The van der Waals surface area contributed by atoms with E-state index in [0.717, 1.165) is 23.1 Å². The molecule has 54 heavy (non-hydrogen) atoms. The van der Waals surface area contributed by atoms with Crippen molar-refractivity contribution in [2.75, 3.05) is 24.6 Å². The van der Waals surface area contributed by atoms with Crippen molar-refractivity contribution in [2.45, 2.75) is 47.8 Å². The molecule has 4 aromatic heterocycles. The molecule has 2 amide bonds. The lowest BCUT2D eigenvalue weighted by molar-refractivity contribution is 0.249. The van der Waals surface area contributed by atoms with Crippen molar-refractivity contribution in [1.29, 1.82) is 0 Å². The Labute approximate surface area is 316 Å². The molecule has 0 saturated heterocycles. The Bertz CT molecular complexity index is 2380. The van der Waals surface area contributed by atoms with Crippen LogP contribution in [0.5, 0.6) is 0 Å². The van der Waals surface area contributed by atoms with E-state index in [-0.39, 0.29) is 47.4 Å². The summed E-state index contributed by atoms with van der Waals surface area (Å²) >= 11 is 2.59. The van der Waals surface area contributed by atoms with E-state index in [2.05, 4.69) is 36.3 Å². The van der Waals surface area contributed by atoms with Gasteiger partial charge in [0.15, 0.2) is 21.4 Å². The lowest BCUT2D eigenvalue weighted by Crippen LogP contribution is -2.31. The van der Waals surface area contributed by atoms with E-state index >= 15 is 0 Å². The number of urea groups is 1. The van der Waals surface area contributed by atoms with E-state index in [4.69, 9.17) is 29.8 Å². The molecule has 0 fully saturated rings. The van der Waals surface area contributed by atoms with Gasteiger partial charge < -0.3 is 16.8 Å². The molecule has 0 aliphatic heterocycles. The number of aryl methyl sites for hydroxylation is 2. The number of thioether (sulfide) groups is 2. The van der Waals surface area contributed by atoms with Crippen molar-refractivity contribution in [3.8, 4) is 23.0 Å². The van der Waals surface area contributed by atoms with E-state index < -0.39 is 23.6 Å². The zero-order chi connectivity index (χ0) is 37.1. The molecule has 0 radical (unpaired) electrons. The summed E-state index contributed by atoms with van der Waals surface area (Å²) in [5.74, 6) is -0.602. The minimum atomic E-state index is -0.675. The normalized spacial score (nSPS) is 15.6. The number of nitrogens with one attached hydrogen (secondary N) is 1. The van der Waals surface area contributed by atoms with Crippen molar-refractivity contribution in [3.63, 3.8) is 0 Å². The van der Waals surface area contributed by atoms with Crippen molar-refractivity contribution >= 4 is 42.0 Å². The van der Waals surface area contributed by atoms with Gasteiger partial charge in [0.25, 0.3) is 0 Å². The molecule has 0 unspecified atom stereocenters. The van der Waals surface area contributed by atoms with Crippen LogP contribution >= 0.6 is 35.9 Å². The van der Waals surface area contributed by atoms with Crippen molar-refractivity contribution < 1.29 is 31.9 Å². The number of hydrogen-bond acceptors (Lipinski definition) is 16. The van der Waals surface area contributed by atoms with Gasteiger partial charge in [-0.15, -0.1) is 12.4 Å². The molecule has 5 N–H and O–H groups in total. The number of primary amides is 1. The van der Waals surface area contributed by atoms with Gasteiger partial charge >= 0.3 is 17.5 Å². The maximum atomic E-state index is 13.7. The lowest BCUT2D eigenvalue weighted by Gasteiger charge is -2.13. The van der Waals surface area contributed by atoms with Gasteiger partial charge in [-0.3, -0.25) is 9.05 Å². The van der Waals surface area contributed by atoms with Crippen LogP contribution in [0.25, 0.3) is 23.0 Å². The number of amides is 2. The smallest absolute Gasteiger partial charge is 0.352 e. The number of rotatable bonds is 11. The first kappa shape index (κ1) is 38.4. The molecule has 0 bridgehead atoms. The number of hydrogen-bond donors (Lipinski definition) is 3. The van der Waals surface area contributed by atoms with E-state index in [1.54, 1.807) is 12.1 Å². The average Bonchev–Trinajstić information content (AvgIpc) is 4.00. The maximum absolute atomic E-state index is 13.7. The highest BCUT2D eigenvalue weighted by atomic mass is 35.5. The van der Waals surface area contributed by atoms with Crippen LogP contribution < -0.4 is 28.3 Å². The number of nitrogens with zero attached hydrogens (tertiary/aromatic N) is 8. The van der Waals surface area contributed by atoms with Crippen LogP contribution in [0.3, 0.4) is 0 Å². The van der Waals surface area contributed by atoms with Crippen LogP contribution in [0.2, 0.25) is 0 Å². The highest BCUT2D eigenvalue weighted by Gasteiger charge is 2.33. The molecule has 8 rings (SSSR count). The van der Waals surface area contributed by atoms with E-state index in [1.165, 1.54) is 56.9 Å². The summed E-state index contributed by atoms with van der Waals surface area (Å²) in [5, 5.41) is 26.3. The van der Waals surface area contributed by atoms with E-state index in [0.29, 0.717) is 65.2 Å². The molecule has 4 heterocycles. The molecule has 18 nitrogen and oxygen atoms in total. The first-order valence-corrected chi connectivity index (χ1v) is 18.1. The highest BCUT2D eigenvalue weighted by Crippen LogP contribution is 2.38. The summed E-state index contributed by atoms with van der Waals surface area (Å²) in [6.07, 6.45) is 2.69. The van der Waals surface area contributed by atoms with Crippen LogP contribution in [-0.4, -0.2) is 70.7 Å². The van der Waals surface area contributed by atoms with Crippen LogP contribution in [-0.2, 0) is 12.8 Å². The second-order valence-electron chi connectivity index (χ2n) is 11.7. The standard InChI is InChI=1S/C16H15FN6O4S.C15H14FN5O3S.ClH/c17-9-3-1-8-2-4-11(10(8)7-9)23-13(21-26-16(23)25)12-14(22-27-20-12)28-6-5-19-15(18)24;16-9-3-1-8-2-4-11(10(8)7-9)21-13(19-23-15(21)22)12-14(20-24-18-12)25-6-5-17;/h1,3,7,11H,2,4-6H2,(H3,18,19,24);1,3,7,11H,2,4-6,17H2;1H/t2*11-;/m00./s1. The van der Waals surface area contributed by atoms with Gasteiger partial charge in [-0.05, 0) is 92.8 Å². The molecule has 2 aliphatic carbocycles. The van der Waals surface area contributed by atoms with Gasteiger partial charge in [0, 0.05) is 24.6 Å². The summed E-state index contributed by atoms with van der Waals surface area (Å²) in [6.45, 7) is 0.769. The Balaban J connectivity index is 0.000000182. The molecule has 2 atom stereocenters. The zero-order valence-corrected chi connectivity index (χ0v) is 30.3. The van der Waals surface area contributed by atoms with Crippen LogP contribution in [0.1, 0.15) is 47.2 Å². The fourth-order valence-electron chi connectivity index (χ4n) is 6.32. The van der Waals surface area contributed by atoms with Crippen molar-refractivity contribution in [1.82, 2.24) is 45.4 Å². The molecule has 6 aromatic rings. The van der Waals surface area contributed by atoms with Gasteiger partial charge in [-0.2, -0.15) is 0 Å². The number of halogens is 3. The monoisotopic (exact) mass is 805 g/mol. The second kappa shape index (κ2) is 16.8. The number of fused-ring (bicyclic) bond motifs is 2. The van der Waals surface area contributed by atoms with E-state index in [9.17, 15) is 23.2 Å². The molecular weight excluding hydrogens is 776 g/mol. The molecule has 2 aliphatic rings.